The normalized spacial score (nSPS) is 15.9. The van der Waals surface area contributed by atoms with Crippen LogP contribution in [0.15, 0.2) is 35.4 Å². The van der Waals surface area contributed by atoms with Gasteiger partial charge in [0.05, 0.1) is 6.54 Å². The molecule has 0 spiro atoms. The van der Waals surface area contributed by atoms with Gasteiger partial charge in [0.2, 0.25) is 0 Å². The zero-order chi connectivity index (χ0) is 15.7. The lowest BCUT2D eigenvalue weighted by Crippen LogP contribution is -2.16. The van der Waals surface area contributed by atoms with Crippen LogP contribution in [-0.4, -0.2) is 12.6 Å². The summed E-state index contributed by atoms with van der Waals surface area (Å²) in [6, 6.07) is 8.41. The van der Waals surface area contributed by atoms with Crippen molar-refractivity contribution in [2.75, 3.05) is 6.54 Å². The molecule has 1 aliphatic rings. The van der Waals surface area contributed by atoms with E-state index in [0.29, 0.717) is 22.8 Å². The summed E-state index contributed by atoms with van der Waals surface area (Å²) in [5.41, 5.74) is 11.7. The number of hydrogen-bond acceptors (Lipinski definition) is 2. The predicted octanol–water partition coefficient (Wildman–Crippen LogP) is 5.07. The van der Waals surface area contributed by atoms with Crippen LogP contribution < -0.4 is 4.74 Å². The first kappa shape index (κ1) is 14.7. The Kier molecular flexibility index (Phi) is 3.92. The standard InChI is InChI=1S/C16H13ClFN3O/c1-9-2-3-11(17)6-14(9)15-7-12(18)4-10-5-13(8-20-21-19)22-16(10)15/h2-4,6-7,13H,5,8H2,1H3. The molecule has 2 aromatic rings. The Balaban J connectivity index is 2.08. The van der Waals surface area contributed by atoms with Gasteiger partial charge in [-0.1, -0.05) is 22.8 Å². The summed E-state index contributed by atoms with van der Waals surface area (Å²) < 4.78 is 19.8. The second-order valence-corrected chi connectivity index (χ2v) is 5.69. The highest BCUT2D eigenvalue weighted by Gasteiger charge is 2.27. The highest BCUT2D eigenvalue weighted by Crippen LogP contribution is 2.41. The van der Waals surface area contributed by atoms with Gasteiger partial charge in [-0.2, -0.15) is 0 Å². The maximum absolute atomic E-state index is 13.9. The van der Waals surface area contributed by atoms with Gasteiger partial charge in [-0.05, 0) is 47.8 Å². The molecule has 0 saturated heterocycles. The van der Waals surface area contributed by atoms with Crippen LogP contribution in [0.25, 0.3) is 21.6 Å². The molecule has 0 N–H and O–H groups in total. The second-order valence-electron chi connectivity index (χ2n) is 5.26. The van der Waals surface area contributed by atoms with Crippen molar-refractivity contribution in [3.05, 3.63) is 62.7 Å². The summed E-state index contributed by atoms with van der Waals surface area (Å²) in [5.74, 6) is 0.325. The molecule has 1 atom stereocenters. The third-order valence-corrected chi connectivity index (χ3v) is 3.94. The van der Waals surface area contributed by atoms with Crippen LogP contribution in [0.2, 0.25) is 5.02 Å². The first-order valence-electron chi connectivity index (χ1n) is 6.85. The summed E-state index contributed by atoms with van der Waals surface area (Å²) in [4.78, 5) is 2.74. The van der Waals surface area contributed by atoms with Gasteiger partial charge in [0.15, 0.2) is 0 Å². The smallest absolute Gasteiger partial charge is 0.131 e. The molecule has 2 aromatic carbocycles. The lowest BCUT2D eigenvalue weighted by atomic mass is 9.97. The van der Waals surface area contributed by atoms with Gasteiger partial charge in [0.1, 0.15) is 17.7 Å². The number of aryl methyl sites for hydroxylation is 1. The van der Waals surface area contributed by atoms with Gasteiger partial charge in [-0.15, -0.1) is 0 Å². The maximum Gasteiger partial charge on any atom is 0.131 e. The van der Waals surface area contributed by atoms with E-state index >= 15 is 0 Å². The number of hydrogen-bond donors (Lipinski definition) is 0. The third-order valence-electron chi connectivity index (χ3n) is 3.70. The van der Waals surface area contributed by atoms with Crippen LogP contribution in [0.5, 0.6) is 5.75 Å². The minimum Gasteiger partial charge on any atom is -0.489 e. The molecule has 1 unspecified atom stereocenters. The third kappa shape index (κ3) is 2.73. The van der Waals surface area contributed by atoms with Gasteiger partial charge < -0.3 is 4.74 Å². The quantitative estimate of drug-likeness (QED) is 0.443. The minimum atomic E-state index is -0.318. The van der Waals surface area contributed by atoms with E-state index in [4.69, 9.17) is 21.9 Å². The Bertz CT molecular complexity index is 787. The Labute approximate surface area is 132 Å². The Morgan fingerprint density at radius 1 is 1.36 bits per heavy atom. The SMILES string of the molecule is Cc1ccc(Cl)cc1-c1cc(F)cc2c1OC(CN=[N+]=[N-])C2. The number of azide groups is 1. The van der Waals surface area contributed by atoms with Gasteiger partial charge in [-0.25, -0.2) is 4.39 Å². The van der Waals surface area contributed by atoms with Crippen LogP contribution in [0, 0.1) is 12.7 Å². The van der Waals surface area contributed by atoms with E-state index in [1.807, 2.05) is 13.0 Å². The molecule has 4 nitrogen and oxygen atoms in total. The van der Waals surface area contributed by atoms with Crippen molar-refractivity contribution in [3.8, 4) is 16.9 Å². The summed E-state index contributed by atoms with van der Waals surface area (Å²) in [5, 5.41) is 4.12. The number of benzene rings is 2. The summed E-state index contributed by atoms with van der Waals surface area (Å²) in [6.45, 7) is 2.16. The monoisotopic (exact) mass is 317 g/mol. The first-order chi connectivity index (χ1) is 10.6. The van der Waals surface area contributed by atoms with E-state index in [-0.39, 0.29) is 18.5 Å². The number of nitrogens with zero attached hydrogens (tertiary/aromatic N) is 3. The Morgan fingerprint density at radius 3 is 2.95 bits per heavy atom. The van der Waals surface area contributed by atoms with Crippen molar-refractivity contribution in [2.45, 2.75) is 19.4 Å². The minimum absolute atomic E-state index is 0.223. The molecule has 0 radical (unpaired) electrons. The van der Waals surface area contributed by atoms with Gasteiger partial charge in [0, 0.05) is 27.5 Å². The average Bonchev–Trinajstić information content (AvgIpc) is 2.89. The first-order valence-corrected chi connectivity index (χ1v) is 7.22. The molecule has 0 amide bonds. The zero-order valence-electron chi connectivity index (χ0n) is 11.9. The molecule has 0 saturated carbocycles. The molecule has 112 valence electrons. The van der Waals surface area contributed by atoms with E-state index in [2.05, 4.69) is 10.0 Å². The van der Waals surface area contributed by atoms with E-state index in [1.165, 1.54) is 12.1 Å². The number of halogens is 2. The van der Waals surface area contributed by atoms with Crippen LogP contribution in [0.4, 0.5) is 4.39 Å². The van der Waals surface area contributed by atoms with Crippen LogP contribution in [0.1, 0.15) is 11.1 Å². The molecule has 6 heteroatoms. The van der Waals surface area contributed by atoms with Gasteiger partial charge >= 0.3 is 0 Å². The maximum atomic E-state index is 13.9. The van der Waals surface area contributed by atoms with Crippen molar-refractivity contribution < 1.29 is 9.13 Å². The largest absolute Gasteiger partial charge is 0.489 e. The molecular weight excluding hydrogens is 305 g/mol. The average molecular weight is 318 g/mol. The van der Waals surface area contributed by atoms with Gasteiger partial charge in [-0.3, -0.25) is 0 Å². The van der Waals surface area contributed by atoms with E-state index in [9.17, 15) is 4.39 Å². The summed E-state index contributed by atoms with van der Waals surface area (Å²) in [6.07, 6.45) is 0.268. The molecule has 0 aromatic heterocycles. The number of fused-ring (bicyclic) bond motifs is 1. The molecule has 0 bridgehead atoms. The second kappa shape index (κ2) is 5.87. The van der Waals surface area contributed by atoms with Crippen molar-refractivity contribution in [1.29, 1.82) is 0 Å². The number of ether oxygens (including phenoxy) is 1. The van der Waals surface area contributed by atoms with Crippen molar-refractivity contribution in [1.82, 2.24) is 0 Å². The molecule has 0 aliphatic carbocycles. The highest BCUT2D eigenvalue weighted by molar-refractivity contribution is 6.30. The van der Waals surface area contributed by atoms with Gasteiger partial charge in [0.25, 0.3) is 0 Å². The zero-order valence-corrected chi connectivity index (χ0v) is 12.6. The summed E-state index contributed by atoms with van der Waals surface area (Å²) >= 11 is 6.06. The van der Waals surface area contributed by atoms with Crippen LogP contribution in [0.3, 0.4) is 0 Å². The summed E-state index contributed by atoms with van der Waals surface area (Å²) in [7, 11) is 0. The molecule has 3 rings (SSSR count). The fraction of sp³-hybridized carbons (Fsp3) is 0.250. The van der Waals surface area contributed by atoms with E-state index in [1.54, 1.807) is 12.1 Å². The highest BCUT2D eigenvalue weighted by atomic mass is 35.5. The van der Waals surface area contributed by atoms with Crippen molar-refractivity contribution in [2.24, 2.45) is 5.11 Å². The predicted molar refractivity (Wildman–Crippen MR) is 83.7 cm³/mol. The Hall–Kier alpha value is -2.23. The topological polar surface area (TPSA) is 58.0 Å². The molecule has 0 fully saturated rings. The van der Waals surface area contributed by atoms with Crippen LogP contribution in [-0.2, 0) is 6.42 Å². The van der Waals surface area contributed by atoms with Crippen molar-refractivity contribution >= 4 is 11.6 Å². The lowest BCUT2D eigenvalue weighted by molar-refractivity contribution is 0.242. The van der Waals surface area contributed by atoms with E-state index < -0.39 is 0 Å². The van der Waals surface area contributed by atoms with Crippen LogP contribution >= 0.6 is 11.6 Å². The molecule has 1 aliphatic heterocycles. The fourth-order valence-electron chi connectivity index (χ4n) is 2.71. The Morgan fingerprint density at radius 2 is 2.18 bits per heavy atom. The molecule has 1 heterocycles. The van der Waals surface area contributed by atoms with E-state index in [0.717, 1.165) is 16.7 Å². The number of rotatable bonds is 3. The molecular formula is C16H13ClFN3O. The lowest BCUT2D eigenvalue weighted by Gasteiger charge is -2.13. The fourth-order valence-corrected chi connectivity index (χ4v) is 2.88. The molecule has 22 heavy (non-hydrogen) atoms. The van der Waals surface area contributed by atoms with Crippen molar-refractivity contribution in [3.63, 3.8) is 0 Å².